The van der Waals surface area contributed by atoms with Crippen molar-refractivity contribution in [2.45, 2.75) is 351 Å². The highest BCUT2D eigenvalue weighted by molar-refractivity contribution is 6.00. The average Bonchev–Trinajstić information content (AvgIpc) is 1.85. The highest BCUT2D eigenvalue weighted by atomic mass is 16.5. The molecule has 6 aromatic heterocycles. The van der Waals surface area contributed by atoms with Gasteiger partial charge in [0.15, 0.2) is 11.5 Å². The summed E-state index contributed by atoms with van der Waals surface area (Å²) in [6.45, 7) is 52.9. The Morgan fingerprint density at radius 1 is 0.503 bits per heavy atom. The Hall–Kier alpha value is -9.96. The number of hydrogen-bond acceptors (Lipinski definition) is 28. The van der Waals surface area contributed by atoms with Crippen molar-refractivity contribution in [1.82, 2.24) is 110 Å². The van der Waals surface area contributed by atoms with Crippen molar-refractivity contribution >= 4 is 53.0 Å². The minimum absolute atomic E-state index is 0.0300. The van der Waals surface area contributed by atoms with Gasteiger partial charge in [-0.3, -0.25) is 62.7 Å². The Balaban J connectivity index is 0.000000207. The van der Waals surface area contributed by atoms with E-state index in [1.165, 1.54) is 115 Å². The Bertz CT molecular complexity index is 4950. The fourth-order valence-electron chi connectivity index (χ4n) is 20.1. The summed E-state index contributed by atoms with van der Waals surface area (Å²) in [5.74, 6) is 4.09. The quantitative estimate of drug-likeness (QED) is 0.0107. The number of Topliss-reactive ketones (excluding diaryl/α,β-unsaturated/α-hetero) is 3. The predicted octanol–water partition coefficient (Wildman–Crippen LogP) is 12.9. The standard InChI is InChI=1S/2C17H28N2O3.C15H27N5O.C15H26N4O.C15H25N3O3.C14H22N4O.C14H22N2O4/c1-12(2)19-9-6-14(7-10-19)5-8-18(4)17(21)15-11-16(20)22-13(15)3;1-12(2)19-9-8-14(10-13(19)3)4-5-15(20)6-7-16-11-17(21)18-22-16;1-12(2)20-8-5-13(6-9-20)4-7-19(3)15(21)10-14-11-16-18-17-14;1-12(2)19-8-6-13(7-9-19)4-3-5-15(20)10-14-11-16-18-17-14;1-11(2)18-8-5-12(6-9-18)4-7-17(3)15(20)13-10-14(19)16-21-13;1-11(2)18-7-5-12(6-8-18)17-14(19)4-3-13-9-15-10-16-13;1-10(2)16-6-7-19-11(9-16)4-3-5-12(17)13-8-15-14(18)20-13/h12,14H,5-11H2,1-4H3;11-14H,4-10H2,1-3H3,(H,18,21);11-13H,4-10H2,1-3H3,(H,16,17,18);11-13H,3-10H2,1-2H3,(H,16,17,18);10-12H,4-9H2,1-3H3,(H,16,19);3-4,9-12H,5-8H2,1-2H3,(H,15,16)(H,17,19);8,10-11H,3-7,9H2,1-2H3,(H,15,18)/b;;;;;4-3+;. The zero-order valence-electron chi connectivity index (χ0n) is 90.9. The van der Waals surface area contributed by atoms with Crippen LogP contribution in [0.5, 0.6) is 0 Å². The van der Waals surface area contributed by atoms with Crippen LogP contribution in [0.3, 0.4) is 0 Å². The largest absolute Gasteiger partial charge is 0.431 e. The van der Waals surface area contributed by atoms with Gasteiger partial charge in [0, 0.05) is 166 Å². The number of morpholine rings is 1. The van der Waals surface area contributed by atoms with E-state index in [1.54, 1.807) is 60.8 Å². The first-order valence-corrected chi connectivity index (χ1v) is 54.0. The number of rotatable bonds is 40. The number of piperidine rings is 6. The van der Waals surface area contributed by atoms with Crippen LogP contribution < -0.4 is 22.2 Å². The molecule has 0 saturated carbocycles. The molecule has 38 heteroatoms. The third-order valence-electron chi connectivity index (χ3n) is 29.9. The summed E-state index contributed by atoms with van der Waals surface area (Å²) in [7, 11) is 5.44. The molecule has 14 heterocycles. The molecule has 3 atom stereocenters. The van der Waals surface area contributed by atoms with E-state index in [9.17, 15) is 52.7 Å². The number of cyclic esters (lactones) is 1. The van der Waals surface area contributed by atoms with Crippen LogP contribution in [0, 0.1) is 29.6 Å². The number of allylic oxidation sites excluding steroid dienone is 1. The van der Waals surface area contributed by atoms with Gasteiger partial charge >= 0.3 is 11.7 Å². The number of likely N-dealkylation sites (tertiary alicyclic amines) is 6. The number of ether oxygens (including phenoxy) is 2. The number of likely N-dealkylation sites (N-methyl/N-ethyl adjacent to an activating group) is 2. The van der Waals surface area contributed by atoms with Crippen LogP contribution in [0.2, 0.25) is 0 Å². The number of oxazole rings is 1. The van der Waals surface area contributed by atoms with E-state index < -0.39 is 5.76 Å². The van der Waals surface area contributed by atoms with Gasteiger partial charge in [0.2, 0.25) is 17.6 Å². The van der Waals surface area contributed by atoms with Gasteiger partial charge in [-0.05, 0) is 334 Å². The van der Waals surface area contributed by atoms with E-state index in [1.807, 2.05) is 19.0 Å². The maximum Gasteiger partial charge on any atom is 0.416 e. The lowest BCUT2D eigenvalue weighted by Gasteiger charge is -2.40. The van der Waals surface area contributed by atoms with Gasteiger partial charge in [-0.1, -0.05) is 0 Å². The van der Waals surface area contributed by atoms with Crippen molar-refractivity contribution in [1.29, 1.82) is 0 Å². The Morgan fingerprint density at radius 2 is 1.00 bits per heavy atom. The monoisotopic (exact) mass is 2030 g/mol. The molecule has 0 radical (unpaired) electrons. The molecule has 3 unspecified atom stereocenters. The number of nitrogens with zero attached hydrogens (tertiary/aromatic N) is 15. The Morgan fingerprint density at radius 3 is 1.46 bits per heavy atom. The number of H-pyrrole nitrogens is 6. The minimum atomic E-state index is -0.587. The first-order chi connectivity index (χ1) is 69.2. The molecule has 14 rings (SSSR count). The normalized spacial score (nSPS) is 19.3. The minimum Gasteiger partial charge on any atom is -0.431 e. The Labute approximate surface area is 859 Å². The van der Waals surface area contributed by atoms with Gasteiger partial charge < -0.3 is 72.4 Å². The van der Waals surface area contributed by atoms with Gasteiger partial charge in [0.1, 0.15) is 23.1 Å². The van der Waals surface area contributed by atoms with Crippen LogP contribution >= 0.6 is 0 Å². The third-order valence-corrected chi connectivity index (χ3v) is 29.9. The van der Waals surface area contributed by atoms with E-state index in [-0.39, 0.29) is 82.1 Å². The fraction of sp³-hybridized carbons (Fsp3) is 0.738. The molecule has 0 bridgehead atoms. The number of aromatic amines is 6. The molecule has 7 fully saturated rings. The van der Waals surface area contributed by atoms with Gasteiger partial charge in [-0.25, -0.2) is 9.78 Å². The lowest BCUT2D eigenvalue weighted by molar-refractivity contribution is -0.137. The third kappa shape index (κ3) is 44.5. The highest BCUT2D eigenvalue weighted by Gasteiger charge is 2.33. The second-order valence-corrected chi connectivity index (χ2v) is 42.9. The van der Waals surface area contributed by atoms with Gasteiger partial charge in [-0.2, -0.15) is 41.1 Å². The van der Waals surface area contributed by atoms with Crippen LogP contribution in [-0.4, -0.2) is 345 Å². The van der Waals surface area contributed by atoms with E-state index in [4.69, 9.17) is 22.9 Å². The molecule has 0 spiro atoms. The van der Waals surface area contributed by atoms with Gasteiger partial charge in [-0.15, -0.1) is 0 Å². The van der Waals surface area contributed by atoms with Crippen LogP contribution in [0.15, 0.2) is 88.5 Å². The molecule has 0 aliphatic carbocycles. The second kappa shape index (κ2) is 63.7. The molecular weight excluding hydrogens is 1850 g/mol. The molecule has 145 heavy (non-hydrogen) atoms. The molecule has 7 saturated heterocycles. The molecule has 4 amide bonds. The summed E-state index contributed by atoms with van der Waals surface area (Å²) in [6, 6.07) is 7.81. The first-order valence-electron chi connectivity index (χ1n) is 54.0. The van der Waals surface area contributed by atoms with Crippen LogP contribution in [0.25, 0.3) is 6.08 Å². The lowest BCUT2D eigenvalue weighted by atomic mass is 9.86. The van der Waals surface area contributed by atoms with Gasteiger partial charge in [0.05, 0.1) is 91.8 Å². The summed E-state index contributed by atoms with van der Waals surface area (Å²) in [5.41, 5.74) is 2.19. The number of carbonyl (C=O) groups excluding carboxylic acids is 8. The van der Waals surface area contributed by atoms with E-state index >= 15 is 0 Å². The summed E-state index contributed by atoms with van der Waals surface area (Å²) < 4.78 is 25.2. The number of esters is 1. The first kappa shape index (κ1) is 120. The zero-order valence-corrected chi connectivity index (χ0v) is 90.9. The van der Waals surface area contributed by atoms with Crippen molar-refractivity contribution in [2.75, 3.05) is 132 Å². The molecule has 38 nitrogen and oxygen atoms in total. The summed E-state index contributed by atoms with van der Waals surface area (Å²) in [5, 5.41) is 27.8. The molecular formula is C107H178N22O16. The van der Waals surface area contributed by atoms with Crippen molar-refractivity contribution in [3.63, 3.8) is 0 Å². The number of aromatic nitrogens is 11. The SMILES string of the molecule is CC(C)N1CCC(CCC(=O)CCc2cc(=O)[nH]o2)CC1C.CC(C)N1CCC(CCCC(=O)Cc2cn[nH]n2)CC1.CC(C)N1CCC(CCN(C)C(=O)Cc2cn[nH]n2)CC1.CC(C)N1CCC(CCN(C)C(=O)c2cc(=O)[nH]o2)CC1.CC(C)N1CCC(NC(=O)/C=C/c2cnc[nH]2)CC1.CC(C)N1CCOC(CCCC(=O)c2c[nH]c(=O)o2)C1.CC1=C(C(=O)N(C)CCC2CCN(C(C)C)CC2)CC(=O)O1. The molecule has 0 aromatic carbocycles. The second-order valence-electron chi connectivity index (χ2n) is 42.9. The van der Waals surface area contributed by atoms with Crippen molar-refractivity contribution in [3.8, 4) is 0 Å². The van der Waals surface area contributed by atoms with Crippen LogP contribution in [0.1, 0.15) is 315 Å². The Kier molecular flexibility index (Phi) is 52.8. The number of nitrogens with one attached hydrogen (secondary N) is 7. The topological polar surface area (TPSA) is 449 Å². The maximum atomic E-state index is 12.3. The number of aryl methyl sites for hydroxylation is 1. The fourth-order valence-corrected chi connectivity index (χ4v) is 20.1. The smallest absolute Gasteiger partial charge is 0.416 e. The van der Waals surface area contributed by atoms with Crippen molar-refractivity contribution < 1.29 is 61.3 Å². The molecule has 6 aromatic rings. The van der Waals surface area contributed by atoms with Crippen LogP contribution in [-0.2, 0) is 57.5 Å². The van der Waals surface area contributed by atoms with E-state index in [0.29, 0.717) is 146 Å². The van der Waals surface area contributed by atoms with Crippen molar-refractivity contribution in [2.24, 2.45) is 29.6 Å². The van der Waals surface area contributed by atoms with Gasteiger partial charge in [0.25, 0.3) is 22.9 Å². The maximum absolute atomic E-state index is 12.3. The molecule has 7 N–H and O–H groups in total. The van der Waals surface area contributed by atoms with E-state index in [2.05, 4.69) is 200 Å². The number of hydrogen-bond donors (Lipinski definition) is 7. The molecule has 8 aliphatic heterocycles. The number of imidazole rings is 1. The number of ketones is 3. The number of amides is 4. The number of carbonyl (C=O) groups is 8. The molecule has 8 aliphatic rings. The molecule has 812 valence electrons. The van der Waals surface area contributed by atoms with Crippen molar-refractivity contribution in [3.05, 3.63) is 126 Å². The predicted molar refractivity (Wildman–Crippen MR) is 561 cm³/mol. The summed E-state index contributed by atoms with van der Waals surface area (Å²) in [6.07, 6.45) is 37.1. The average molecular weight is 2030 g/mol. The van der Waals surface area contributed by atoms with E-state index in [0.717, 1.165) is 160 Å². The summed E-state index contributed by atoms with van der Waals surface area (Å²) in [4.78, 5) is 160. The highest BCUT2D eigenvalue weighted by Crippen LogP contribution is 2.32. The lowest BCUT2D eigenvalue weighted by Crippen LogP contribution is -2.46. The zero-order chi connectivity index (χ0) is 106. The van der Waals surface area contributed by atoms with Crippen LogP contribution in [0.4, 0.5) is 0 Å². The summed E-state index contributed by atoms with van der Waals surface area (Å²) >= 11 is 0.